The van der Waals surface area contributed by atoms with Crippen molar-refractivity contribution in [3.63, 3.8) is 0 Å². The molecule has 2 aromatic carbocycles. The average Bonchev–Trinajstić information content (AvgIpc) is 3.14. The summed E-state index contributed by atoms with van der Waals surface area (Å²) in [6, 6.07) is 15.9. The second kappa shape index (κ2) is 9.63. The van der Waals surface area contributed by atoms with E-state index in [2.05, 4.69) is 29.2 Å². The molecule has 34 heavy (non-hydrogen) atoms. The quantitative estimate of drug-likeness (QED) is 0.427. The summed E-state index contributed by atoms with van der Waals surface area (Å²) in [6.45, 7) is 10.6. The minimum atomic E-state index is -0.183. The van der Waals surface area contributed by atoms with Crippen LogP contribution in [0.15, 0.2) is 53.3 Å². The lowest BCUT2D eigenvalue weighted by Gasteiger charge is -2.11. The van der Waals surface area contributed by atoms with Crippen LogP contribution in [0.1, 0.15) is 55.6 Å². The van der Waals surface area contributed by atoms with Gasteiger partial charge in [-0.2, -0.15) is 5.10 Å². The number of rotatable bonds is 7. The maximum Gasteiger partial charge on any atom is 0.273 e. The van der Waals surface area contributed by atoms with Gasteiger partial charge in [-0.25, -0.2) is 9.67 Å². The maximum absolute atomic E-state index is 13.3. The van der Waals surface area contributed by atoms with E-state index in [1.807, 2.05) is 69.3 Å². The Kier molecular flexibility index (Phi) is 6.63. The number of aryl methyl sites for hydroxylation is 4. The van der Waals surface area contributed by atoms with Gasteiger partial charge in [0.1, 0.15) is 11.2 Å². The number of anilines is 1. The highest BCUT2D eigenvalue weighted by atomic mass is 16.1. The van der Waals surface area contributed by atoms with E-state index in [0.717, 1.165) is 22.6 Å². The standard InChI is InChI=1S/C27H31N5O2/c1-6-31-26-25(19(5)30-32(26)22-13-7-18(4)8-14-22)29-23(27(31)34)15-16-24(33)28-21-11-9-20(10-12-21)17(2)3/h7-14,17H,6,15-16H2,1-5H3,(H,28,33). The highest BCUT2D eigenvalue weighted by molar-refractivity contribution is 5.90. The topological polar surface area (TPSA) is 81.8 Å². The third-order valence-electron chi connectivity index (χ3n) is 6.04. The van der Waals surface area contributed by atoms with Crippen molar-refractivity contribution < 1.29 is 4.79 Å². The summed E-state index contributed by atoms with van der Waals surface area (Å²) in [4.78, 5) is 30.5. The number of amides is 1. The highest BCUT2D eigenvalue weighted by Gasteiger charge is 2.19. The summed E-state index contributed by atoms with van der Waals surface area (Å²) in [5.74, 6) is 0.291. The predicted octanol–water partition coefficient (Wildman–Crippen LogP) is 4.91. The fourth-order valence-electron chi connectivity index (χ4n) is 4.04. The van der Waals surface area contributed by atoms with Gasteiger partial charge in [0.15, 0.2) is 5.65 Å². The highest BCUT2D eigenvalue weighted by Crippen LogP contribution is 2.21. The Morgan fingerprint density at radius 1 is 1.03 bits per heavy atom. The molecule has 0 spiro atoms. The van der Waals surface area contributed by atoms with Crippen LogP contribution >= 0.6 is 0 Å². The molecule has 1 N–H and O–H groups in total. The molecule has 0 atom stereocenters. The Hall–Kier alpha value is -3.74. The zero-order valence-electron chi connectivity index (χ0n) is 20.4. The van der Waals surface area contributed by atoms with Crippen molar-refractivity contribution in [3.05, 3.63) is 81.4 Å². The van der Waals surface area contributed by atoms with Crippen molar-refractivity contribution in [1.29, 1.82) is 0 Å². The van der Waals surface area contributed by atoms with Gasteiger partial charge in [-0.15, -0.1) is 0 Å². The van der Waals surface area contributed by atoms with Crippen molar-refractivity contribution in [1.82, 2.24) is 19.3 Å². The monoisotopic (exact) mass is 457 g/mol. The first kappa shape index (κ1) is 23.4. The van der Waals surface area contributed by atoms with Gasteiger partial charge in [-0.1, -0.05) is 43.7 Å². The summed E-state index contributed by atoms with van der Waals surface area (Å²) in [5.41, 5.74) is 6.30. The average molecular weight is 458 g/mol. The summed E-state index contributed by atoms with van der Waals surface area (Å²) in [5, 5.41) is 7.58. The van der Waals surface area contributed by atoms with E-state index < -0.39 is 0 Å². The molecule has 0 aliphatic carbocycles. The number of fused-ring (bicyclic) bond motifs is 1. The number of aromatic nitrogens is 4. The Morgan fingerprint density at radius 2 is 1.71 bits per heavy atom. The molecular weight excluding hydrogens is 426 g/mol. The molecule has 0 fully saturated rings. The van der Waals surface area contributed by atoms with Crippen molar-refractivity contribution in [2.24, 2.45) is 0 Å². The first-order chi connectivity index (χ1) is 16.3. The number of nitrogens with one attached hydrogen (secondary N) is 1. The molecule has 7 heteroatoms. The molecule has 0 aliphatic rings. The molecule has 4 rings (SSSR count). The van der Waals surface area contributed by atoms with Crippen molar-refractivity contribution in [2.45, 2.75) is 59.9 Å². The lowest BCUT2D eigenvalue weighted by Crippen LogP contribution is -2.27. The fraction of sp³-hybridized carbons (Fsp3) is 0.333. The zero-order valence-corrected chi connectivity index (χ0v) is 20.4. The van der Waals surface area contributed by atoms with Crippen molar-refractivity contribution in [2.75, 3.05) is 5.32 Å². The van der Waals surface area contributed by atoms with E-state index in [-0.39, 0.29) is 24.3 Å². The van der Waals surface area contributed by atoms with Crippen molar-refractivity contribution in [3.8, 4) is 5.69 Å². The number of nitrogens with zero attached hydrogens (tertiary/aromatic N) is 4. The lowest BCUT2D eigenvalue weighted by molar-refractivity contribution is -0.116. The van der Waals surface area contributed by atoms with E-state index in [4.69, 9.17) is 0 Å². The molecule has 176 valence electrons. The van der Waals surface area contributed by atoms with Crippen LogP contribution in [0.25, 0.3) is 16.9 Å². The van der Waals surface area contributed by atoms with Crippen LogP contribution in [0.3, 0.4) is 0 Å². The zero-order chi connectivity index (χ0) is 24.4. The van der Waals surface area contributed by atoms with Gasteiger partial charge in [-0.3, -0.25) is 14.2 Å². The summed E-state index contributed by atoms with van der Waals surface area (Å²) >= 11 is 0. The normalized spacial score (nSPS) is 11.4. The second-order valence-electron chi connectivity index (χ2n) is 8.94. The maximum atomic E-state index is 13.3. The Labute approximate surface area is 199 Å². The van der Waals surface area contributed by atoms with Gasteiger partial charge >= 0.3 is 0 Å². The number of hydrogen-bond donors (Lipinski definition) is 1. The molecule has 2 aromatic heterocycles. The molecule has 0 radical (unpaired) electrons. The van der Waals surface area contributed by atoms with E-state index >= 15 is 0 Å². The first-order valence-electron chi connectivity index (χ1n) is 11.7. The molecule has 0 bridgehead atoms. The van der Waals surface area contributed by atoms with Crippen LogP contribution in [0.5, 0.6) is 0 Å². The fourth-order valence-corrected chi connectivity index (χ4v) is 4.04. The van der Waals surface area contributed by atoms with Crippen molar-refractivity contribution >= 4 is 22.8 Å². The molecule has 4 aromatic rings. The van der Waals surface area contributed by atoms with Crippen LogP contribution in [0, 0.1) is 13.8 Å². The molecule has 0 saturated heterocycles. The van der Waals surface area contributed by atoms with Gasteiger partial charge in [0.05, 0.1) is 11.4 Å². The Balaban J connectivity index is 1.59. The molecule has 0 saturated carbocycles. The smallest absolute Gasteiger partial charge is 0.273 e. The van der Waals surface area contributed by atoms with Crippen LogP contribution in [0.2, 0.25) is 0 Å². The predicted molar refractivity (Wildman–Crippen MR) is 136 cm³/mol. The Morgan fingerprint density at radius 3 is 2.32 bits per heavy atom. The Bertz CT molecular complexity index is 1380. The van der Waals surface area contributed by atoms with Crippen LogP contribution < -0.4 is 10.9 Å². The van der Waals surface area contributed by atoms with E-state index in [1.165, 1.54) is 5.56 Å². The third kappa shape index (κ3) is 4.64. The minimum absolute atomic E-state index is 0.145. The molecule has 0 unspecified atom stereocenters. The van der Waals surface area contributed by atoms with Crippen LogP contribution in [0.4, 0.5) is 5.69 Å². The second-order valence-corrected chi connectivity index (χ2v) is 8.94. The number of carbonyl (C=O) groups is 1. The van der Waals surface area contributed by atoms with E-state index in [9.17, 15) is 9.59 Å². The van der Waals surface area contributed by atoms with E-state index in [1.54, 1.807) is 9.25 Å². The van der Waals surface area contributed by atoms with E-state index in [0.29, 0.717) is 29.3 Å². The number of hydrogen-bond acceptors (Lipinski definition) is 4. The summed E-state index contributed by atoms with van der Waals surface area (Å²) in [6.07, 6.45) is 0.439. The lowest BCUT2D eigenvalue weighted by atomic mass is 10.0. The third-order valence-corrected chi connectivity index (χ3v) is 6.04. The van der Waals surface area contributed by atoms with Gasteiger partial charge < -0.3 is 5.32 Å². The number of benzene rings is 2. The molecule has 0 aliphatic heterocycles. The van der Waals surface area contributed by atoms with Gasteiger partial charge in [0, 0.05) is 25.1 Å². The molecule has 2 heterocycles. The largest absolute Gasteiger partial charge is 0.326 e. The summed E-state index contributed by atoms with van der Waals surface area (Å²) < 4.78 is 3.47. The molecular formula is C27H31N5O2. The molecule has 7 nitrogen and oxygen atoms in total. The SMILES string of the molecule is CCn1c(=O)c(CCC(=O)Nc2ccc(C(C)C)cc2)nc2c(C)nn(-c3ccc(C)cc3)c21. The van der Waals surface area contributed by atoms with Gasteiger partial charge in [0.2, 0.25) is 5.91 Å². The van der Waals surface area contributed by atoms with Crippen LogP contribution in [-0.4, -0.2) is 25.2 Å². The number of carbonyl (C=O) groups excluding carboxylic acids is 1. The van der Waals surface area contributed by atoms with Crippen LogP contribution in [-0.2, 0) is 17.8 Å². The first-order valence-corrected chi connectivity index (χ1v) is 11.7. The molecule has 1 amide bonds. The van der Waals surface area contributed by atoms with Gasteiger partial charge in [-0.05, 0) is 56.5 Å². The minimum Gasteiger partial charge on any atom is -0.326 e. The van der Waals surface area contributed by atoms with Gasteiger partial charge in [0.25, 0.3) is 5.56 Å². The summed E-state index contributed by atoms with van der Waals surface area (Å²) in [7, 11) is 0.